The van der Waals surface area contributed by atoms with Crippen molar-refractivity contribution in [1.29, 1.82) is 5.26 Å². The number of nitrogens with one attached hydrogen (secondary N) is 3. The molecule has 3 N–H and O–H groups in total. The number of rotatable bonds is 6. The van der Waals surface area contributed by atoms with Gasteiger partial charge in [-0.3, -0.25) is 20.4 Å². The van der Waals surface area contributed by atoms with Crippen LogP contribution in [0.5, 0.6) is 0 Å². The highest BCUT2D eigenvalue weighted by molar-refractivity contribution is 7.89. The molecule has 9 nitrogen and oxygen atoms in total. The highest BCUT2D eigenvalue weighted by atomic mass is 32.2. The third-order valence-electron chi connectivity index (χ3n) is 4.60. The lowest BCUT2D eigenvalue weighted by Gasteiger charge is -2.15. The lowest BCUT2D eigenvalue weighted by Crippen LogP contribution is -2.44. The summed E-state index contributed by atoms with van der Waals surface area (Å²) in [6.45, 7) is 0.930. The molecule has 1 aliphatic heterocycles. The summed E-state index contributed by atoms with van der Waals surface area (Å²) in [5.74, 6) is -1.03. The monoisotopic (exact) mass is 427 g/mol. The SMILES string of the molecule is N#Cc1ccc(NCC(=O)NNC(=O)c2ccc(S(=O)(=O)N3CCCC3)cc2)cc1. The zero-order chi connectivity index (χ0) is 21.6. The first-order valence-corrected chi connectivity index (χ1v) is 10.8. The van der Waals surface area contributed by atoms with E-state index in [0.717, 1.165) is 12.8 Å². The number of hydrogen-bond acceptors (Lipinski definition) is 6. The van der Waals surface area contributed by atoms with Crippen molar-refractivity contribution < 1.29 is 18.0 Å². The van der Waals surface area contributed by atoms with Crippen LogP contribution in [0.4, 0.5) is 5.69 Å². The highest BCUT2D eigenvalue weighted by Gasteiger charge is 2.27. The molecule has 2 aromatic carbocycles. The van der Waals surface area contributed by atoms with Crippen LogP contribution in [0.15, 0.2) is 53.4 Å². The molecule has 1 fully saturated rings. The lowest BCUT2D eigenvalue weighted by molar-refractivity contribution is -0.120. The van der Waals surface area contributed by atoms with Crippen LogP contribution < -0.4 is 16.2 Å². The van der Waals surface area contributed by atoms with Crippen LogP contribution in [0.1, 0.15) is 28.8 Å². The van der Waals surface area contributed by atoms with Gasteiger partial charge in [0.15, 0.2) is 0 Å². The quantitative estimate of drug-likeness (QED) is 0.594. The fraction of sp³-hybridized carbons (Fsp3) is 0.250. The zero-order valence-corrected chi connectivity index (χ0v) is 16.9. The van der Waals surface area contributed by atoms with Crippen molar-refractivity contribution >= 4 is 27.5 Å². The molecule has 2 amide bonds. The molecule has 1 heterocycles. The molecule has 0 aromatic heterocycles. The van der Waals surface area contributed by atoms with E-state index in [1.54, 1.807) is 24.3 Å². The topological polar surface area (TPSA) is 131 Å². The Bertz CT molecular complexity index is 1050. The van der Waals surface area contributed by atoms with Gasteiger partial charge in [0.05, 0.1) is 23.1 Å². The van der Waals surface area contributed by atoms with E-state index in [9.17, 15) is 18.0 Å². The van der Waals surface area contributed by atoms with Gasteiger partial charge < -0.3 is 5.32 Å². The summed E-state index contributed by atoms with van der Waals surface area (Å²) < 4.78 is 26.4. The van der Waals surface area contributed by atoms with Gasteiger partial charge in [-0.2, -0.15) is 9.57 Å². The van der Waals surface area contributed by atoms with Gasteiger partial charge in [-0.1, -0.05) is 0 Å². The largest absolute Gasteiger partial charge is 0.376 e. The fourth-order valence-corrected chi connectivity index (χ4v) is 4.46. The summed E-state index contributed by atoms with van der Waals surface area (Å²) in [4.78, 5) is 24.2. The Kier molecular flexibility index (Phi) is 6.66. The second-order valence-electron chi connectivity index (χ2n) is 6.68. The summed E-state index contributed by atoms with van der Waals surface area (Å²) >= 11 is 0. The van der Waals surface area contributed by atoms with Crippen molar-refractivity contribution in [3.05, 3.63) is 59.7 Å². The minimum absolute atomic E-state index is 0.0841. The average molecular weight is 427 g/mol. The first kappa shape index (κ1) is 21.3. The summed E-state index contributed by atoms with van der Waals surface area (Å²) in [5, 5.41) is 11.6. The molecule has 0 saturated carbocycles. The number of nitrogens with zero attached hydrogens (tertiary/aromatic N) is 2. The number of benzene rings is 2. The van der Waals surface area contributed by atoms with Crippen molar-refractivity contribution in [1.82, 2.24) is 15.2 Å². The summed E-state index contributed by atoms with van der Waals surface area (Å²) in [6.07, 6.45) is 1.69. The number of anilines is 1. The molecule has 1 aliphatic rings. The van der Waals surface area contributed by atoms with Crippen LogP contribution in [0.3, 0.4) is 0 Å². The average Bonchev–Trinajstić information content (AvgIpc) is 3.32. The number of carbonyl (C=O) groups is 2. The number of nitriles is 1. The Hall–Kier alpha value is -3.42. The normalized spacial score (nSPS) is 14.0. The van der Waals surface area contributed by atoms with E-state index in [1.165, 1.54) is 28.6 Å². The van der Waals surface area contributed by atoms with Crippen LogP contribution in [-0.4, -0.2) is 44.2 Å². The van der Waals surface area contributed by atoms with E-state index in [1.807, 2.05) is 6.07 Å². The van der Waals surface area contributed by atoms with Crippen molar-refractivity contribution in [3.63, 3.8) is 0 Å². The first-order valence-electron chi connectivity index (χ1n) is 9.33. The summed E-state index contributed by atoms with van der Waals surface area (Å²) in [5.41, 5.74) is 5.96. The van der Waals surface area contributed by atoms with E-state index < -0.39 is 21.8 Å². The van der Waals surface area contributed by atoms with Gasteiger partial charge in [0.1, 0.15) is 0 Å². The Morgan fingerprint density at radius 2 is 1.60 bits per heavy atom. The predicted molar refractivity (Wildman–Crippen MR) is 110 cm³/mol. The van der Waals surface area contributed by atoms with E-state index in [-0.39, 0.29) is 17.0 Å². The molecule has 1 saturated heterocycles. The van der Waals surface area contributed by atoms with Crippen molar-refractivity contribution in [2.45, 2.75) is 17.7 Å². The van der Waals surface area contributed by atoms with E-state index in [2.05, 4.69) is 16.2 Å². The molecule has 0 unspecified atom stereocenters. The minimum atomic E-state index is -3.54. The number of carbonyl (C=O) groups excluding carboxylic acids is 2. The van der Waals surface area contributed by atoms with Gasteiger partial charge in [0.25, 0.3) is 11.8 Å². The van der Waals surface area contributed by atoms with Gasteiger partial charge in [0, 0.05) is 24.3 Å². The van der Waals surface area contributed by atoms with Crippen LogP contribution >= 0.6 is 0 Å². The van der Waals surface area contributed by atoms with Gasteiger partial charge in [-0.25, -0.2) is 8.42 Å². The van der Waals surface area contributed by atoms with Crippen LogP contribution in [0.2, 0.25) is 0 Å². The van der Waals surface area contributed by atoms with Gasteiger partial charge >= 0.3 is 0 Å². The van der Waals surface area contributed by atoms with Gasteiger partial charge in [0.2, 0.25) is 10.0 Å². The van der Waals surface area contributed by atoms with Crippen LogP contribution in [0, 0.1) is 11.3 Å². The molecular formula is C20H21N5O4S. The van der Waals surface area contributed by atoms with E-state index in [4.69, 9.17) is 5.26 Å². The van der Waals surface area contributed by atoms with Crippen molar-refractivity contribution in [2.75, 3.05) is 25.0 Å². The molecular weight excluding hydrogens is 406 g/mol. The summed E-state index contributed by atoms with van der Waals surface area (Å²) in [6, 6.07) is 14.2. The number of sulfonamides is 1. The Morgan fingerprint density at radius 1 is 0.967 bits per heavy atom. The van der Waals surface area contributed by atoms with Crippen LogP contribution in [0.25, 0.3) is 0 Å². The fourth-order valence-electron chi connectivity index (χ4n) is 2.94. The van der Waals surface area contributed by atoms with E-state index >= 15 is 0 Å². The molecule has 2 aromatic rings. The highest BCUT2D eigenvalue weighted by Crippen LogP contribution is 2.21. The molecule has 0 atom stereocenters. The third-order valence-corrected chi connectivity index (χ3v) is 6.51. The predicted octanol–water partition coefficient (Wildman–Crippen LogP) is 1.22. The molecule has 0 radical (unpaired) electrons. The lowest BCUT2D eigenvalue weighted by atomic mass is 10.2. The Morgan fingerprint density at radius 3 is 2.20 bits per heavy atom. The van der Waals surface area contributed by atoms with Crippen molar-refractivity contribution in [3.8, 4) is 6.07 Å². The molecule has 0 spiro atoms. The van der Waals surface area contributed by atoms with Gasteiger partial charge in [-0.15, -0.1) is 0 Å². The molecule has 0 aliphatic carbocycles. The number of amides is 2. The maximum atomic E-state index is 12.5. The number of hydrazine groups is 1. The number of hydrogen-bond donors (Lipinski definition) is 3. The molecule has 10 heteroatoms. The van der Waals surface area contributed by atoms with Crippen LogP contribution in [-0.2, 0) is 14.8 Å². The minimum Gasteiger partial charge on any atom is -0.376 e. The standard InChI is InChI=1S/C20H21N5O4S/c21-13-15-3-7-17(8-4-15)22-14-19(26)23-24-20(27)16-5-9-18(10-6-16)30(28,29)25-11-1-2-12-25/h3-10,22H,1-2,11-12,14H2,(H,23,26)(H,24,27). The molecule has 0 bridgehead atoms. The maximum Gasteiger partial charge on any atom is 0.269 e. The smallest absolute Gasteiger partial charge is 0.269 e. The second kappa shape index (κ2) is 9.39. The first-order chi connectivity index (χ1) is 14.4. The van der Waals surface area contributed by atoms with Gasteiger partial charge in [-0.05, 0) is 61.4 Å². The third kappa shape index (κ3) is 5.14. The Labute approximate surface area is 174 Å². The van der Waals surface area contributed by atoms with Crippen molar-refractivity contribution in [2.24, 2.45) is 0 Å². The summed E-state index contributed by atoms with van der Waals surface area (Å²) in [7, 11) is -3.54. The molecule has 3 rings (SSSR count). The maximum absolute atomic E-state index is 12.5. The molecule has 156 valence electrons. The molecule has 30 heavy (non-hydrogen) atoms. The Balaban J connectivity index is 1.49. The zero-order valence-electron chi connectivity index (χ0n) is 16.1. The van der Waals surface area contributed by atoms with E-state index in [0.29, 0.717) is 24.3 Å². The second-order valence-corrected chi connectivity index (χ2v) is 8.62.